The van der Waals surface area contributed by atoms with Crippen molar-refractivity contribution in [2.75, 3.05) is 29.2 Å². The molecular weight excluding hydrogens is 464 g/mol. The van der Waals surface area contributed by atoms with E-state index in [1.165, 1.54) is 11.1 Å². The van der Waals surface area contributed by atoms with Crippen LogP contribution in [0, 0.1) is 0 Å². The van der Waals surface area contributed by atoms with Crippen LogP contribution in [0.2, 0.25) is 0 Å². The zero-order valence-corrected chi connectivity index (χ0v) is 20.4. The average molecular weight is 491 g/mol. The molecule has 0 atom stereocenters. The third-order valence-electron chi connectivity index (χ3n) is 6.56. The number of rotatable bonds is 5. The van der Waals surface area contributed by atoms with Gasteiger partial charge in [0.15, 0.2) is 11.5 Å². The third-order valence-corrected chi connectivity index (χ3v) is 6.56. The van der Waals surface area contributed by atoms with Crippen molar-refractivity contribution in [1.29, 1.82) is 0 Å². The molecule has 8 heteroatoms. The topological polar surface area (TPSA) is 83.8 Å². The summed E-state index contributed by atoms with van der Waals surface area (Å²) in [5, 5.41) is 5.75. The third kappa shape index (κ3) is 4.56. The maximum absolute atomic E-state index is 12.7. The summed E-state index contributed by atoms with van der Waals surface area (Å²) in [7, 11) is 1.57. The van der Waals surface area contributed by atoms with Crippen LogP contribution in [0.4, 0.5) is 22.0 Å². The Kier molecular flexibility index (Phi) is 5.90. The summed E-state index contributed by atoms with van der Waals surface area (Å²) in [5.74, 6) is 1.45. The van der Waals surface area contributed by atoms with Gasteiger partial charge in [0.1, 0.15) is 5.75 Å². The minimum absolute atomic E-state index is 0.354. The van der Waals surface area contributed by atoms with Crippen molar-refractivity contribution in [2.45, 2.75) is 13.0 Å². The van der Waals surface area contributed by atoms with E-state index in [1.54, 1.807) is 25.4 Å². The Balaban J connectivity index is 1.28. The van der Waals surface area contributed by atoms with Crippen molar-refractivity contribution in [1.82, 2.24) is 14.4 Å². The SMILES string of the molecule is COc1ccccc1NC(=O)Nc1cccc(-c2cn3ccnc3c(N3CCc4ccccc4C3)n2)c1. The Labute approximate surface area is 214 Å². The number of imidazole rings is 1. The van der Waals surface area contributed by atoms with Crippen LogP contribution in [0.5, 0.6) is 5.75 Å². The molecule has 3 heterocycles. The Morgan fingerprint density at radius 3 is 2.70 bits per heavy atom. The Hall–Kier alpha value is -4.85. The van der Waals surface area contributed by atoms with Gasteiger partial charge in [-0.15, -0.1) is 0 Å². The number of methoxy groups -OCH3 is 1. The molecule has 37 heavy (non-hydrogen) atoms. The van der Waals surface area contributed by atoms with Gasteiger partial charge in [-0.25, -0.2) is 14.8 Å². The molecule has 3 aromatic carbocycles. The summed E-state index contributed by atoms with van der Waals surface area (Å²) in [6.45, 7) is 1.67. The normalized spacial score (nSPS) is 12.7. The number of anilines is 3. The van der Waals surface area contributed by atoms with Crippen LogP contribution in [0.25, 0.3) is 16.9 Å². The summed E-state index contributed by atoms with van der Waals surface area (Å²) in [4.78, 5) is 24.6. The molecule has 1 aliphatic heterocycles. The average Bonchev–Trinajstić information content (AvgIpc) is 3.41. The lowest BCUT2D eigenvalue weighted by Crippen LogP contribution is -2.31. The molecule has 0 aliphatic carbocycles. The van der Waals surface area contributed by atoms with E-state index in [1.807, 2.05) is 53.2 Å². The Morgan fingerprint density at radius 2 is 1.81 bits per heavy atom. The number of hydrogen-bond acceptors (Lipinski definition) is 5. The molecule has 8 nitrogen and oxygen atoms in total. The molecule has 2 N–H and O–H groups in total. The Morgan fingerprint density at radius 1 is 0.973 bits per heavy atom. The van der Waals surface area contributed by atoms with Crippen molar-refractivity contribution in [3.05, 3.63) is 103 Å². The van der Waals surface area contributed by atoms with Gasteiger partial charge in [-0.3, -0.25) is 0 Å². The summed E-state index contributed by atoms with van der Waals surface area (Å²) in [5.41, 5.74) is 6.48. The van der Waals surface area contributed by atoms with Crippen LogP contribution in [-0.4, -0.2) is 34.1 Å². The lowest BCUT2D eigenvalue weighted by molar-refractivity contribution is 0.262. The first-order valence-electron chi connectivity index (χ1n) is 12.1. The molecule has 2 aromatic heterocycles. The van der Waals surface area contributed by atoms with Crippen LogP contribution in [0.15, 0.2) is 91.4 Å². The molecule has 0 saturated heterocycles. The second-order valence-electron chi connectivity index (χ2n) is 8.91. The molecule has 0 fully saturated rings. The Bertz CT molecular complexity index is 1590. The molecule has 0 unspecified atom stereocenters. The summed E-state index contributed by atoms with van der Waals surface area (Å²) >= 11 is 0. The summed E-state index contributed by atoms with van der Waals surface area (Å²) < 4.78 is 7.33. The fourth-order valence-electron chi connectivity index (χ4n) is 4.73. The first kappa shape index (κ1) is 22.6. The van der Waals surface area contributed by atoms with Crippen molar-refractivity contribution < 1.29 is 9.53 Å². The number of carbonyl (C=O) groups excluding carboxylic acids is 1. The number of carbonyl (C=O) groups is 1. The number of amides is 2. The maximum atomic E-state index is 12.7. The summed E-state index contributed by atoms with van der Waals surface area (Å²) in [6, 6.07) is 23.2. The fraction of sp³-hybridized carbons (Fsp3) is 0.138. The van der Waals surface area contributed by atoms with E-state index >= 15 is 0 Å². The van der Waals surface area contributed by atoms with Crippen LogP contribution < -0.4 is 20.3 Å². The van der Waals surface area contributed by atoms with Crippen molar-refractivity contribution in [3.63, 3.8) is 0 Å². The minimum atomic E-state index is -0.354. The predicted molar refractivity (Wildman–Crippen MR) is 145 cm³/mol. The second kappa shape index (κ2) is 9.66. The van der Waals surface area contributed by atoms with Crippen LogP contribution in [0.1, 0.15) is 11.1 Å². The van der Waals surface area contributed by atoms with Gasteiger partial charge in [0, 0.05) is 42.9 Å². The van der Waals surface area contributed by atoms with Gasteiger partial charge < -0.3 is 24.7 Å². The number of ether oxygens (including phenoxy) is 1. The molecule has 0 saturated carbocycles. The predicted octanol–water partition coefficient (Wildman–Crippen LogP) is 5.61. The molecular formula is C29H26N6O2. The van der Waals surface area contributed by atoms with Gasteiger partial charge in [-0.05, 0) is 41.8 Å². The monoisotopic (exact) mass is 490 g/mol. The highest BCUT2D eigenvalue weighted by atomic mass is 16.5. The van der Waals surface area contributed by atoms with Crippen LogP contribution in [0.3, 0.4) is 0 Å². The van der Waals surface area contributed by atoms with E-state index in [0.29, 0.717) is 17.1 Å². The highest BCUT2D eigenvalue weighted by Crippen LogP contribution is 2.30. The zero-order chi connectivity index (χ0) is 25.2. The van der Waals surface area contributed by atoms with Gasteiger partial charge >= 0.3 is 6.03 Å². The first-order chi connectivity index (χ1) is 18.2. The minimum Gasteiger partial charge on any atom is -0.495 e. The number of benzene rings is 3. The highest BCUT2D eigenvalue weighted by Gasteiger charge is 2.21. The highest BCUT2D eigenvalue weighted by molar-refractivity contribution is 6.01. The van der Waals surface area contributed by atoms with Crippen molar-refractivity contribution in [2.24, 2.45) is 0 Å². The smallest absolute Gasteiger partial charge is 0.323 e. The number of para-hydroxylation sites is 2. The molecule has 2 amide bonds. The van der Waals surface area contributed by atoms with Gasteiger partial charge in [0.25, 0.3) is 0 Å². The van der Waals surface area contributed by atoms with E-state index in [2.05, 4.69) is 44.8 Å². The quantitative estimate of drug-likeness (QED) is 0.335. The van der Waals surface area contributed by atoms with Gasteiger partial charge in [0.2, 0.25) is 0 Å². The fourth-order valence-corrected chi connectivity index (χ4v) is 4.73. The molecule has 5 aromatic rings. The van der Waals surface area contributed by atoms with Crippen molar-refractivity contribution in [3.8, 4) is 17.0 Å². The van der Waals surface area contributed by atoms with E-state index < -0.39 is 0 Å². The van der Waals surface area contributed by atoms with Crippen molar-refractivity contribution >= 4 is 28.9 Å². The van der Waals surface area contributed by atoms with E-state index in [9.17, 15) is 4.79 Å². The first-order valence-corrected chi connectivity index (χ1v) is 12.1. The number of nitrogens with zero attached hydrogens (tertiary/aromatic N) is 4. The number of hydrogen-bond donors (Lipinski definition) is 2. The number of urea groups is 1. The van der Waals surface area contributed by atoms with Gasteiger partial charge in [-0.1, -0.05) is 48.5 Å². The molecule has 0 spiro atoms. The summed E-state index contributed by atoms with van der Waals surface area (Å²) in [6.07, 6.45) is 6.67. The number of fused-ring (bicyclic) bond motifs is 2. The second-order valence-corrected chi connectivity index (χ2v) is 8.91. The molecule has 0 radical (unpaired) electrons. The lowest BCUT2D eigenvalue weighted by atomic mass is 10.00. The standard InChI is InChI=1S/C29H26N6O2/c1-37-26-12-5-4-11-24(26)33-29(36)31-23-10-6-9-21(17-23)25-19-35-16-14-30-27(35)28(32-25)34-15-13-20-7-2-3-8-22(20)18-34/h2-12,14,16-17,19H,13,15,18H2,1H3,(H2,31,33,36). The molecule has 184 valence electrons. The van der Waals surface area contributed by atoms with Crippen LogP contribution in [-0.2, 0) is 13.0 Å². The largest absolute Gasteiger partial charge is 0.495 e. The lowest BCUT2D eigenvalue weighted by Gasteiger charge is -2.30. The molecule has 6 rings (SSSR count). The number of nitrogens with one attached hydrogen (secondary N) is 2. The van der Waals surface area contributed by atoms with E-state index in [-0.39, 0.29) is 6.03 Å². The maximum Gasteiger partial charge on any atom is 0.323 e. The van der Waals surface area contributed by atoms with Gasteiger partial charge in [0.05, 0.1) is 18.5 Å². The van der Waals surface area contributed by atoms with Crippen LogP contribution >= 0.6 is 0 Å². The van der Waals surface area contributed by atoms with Gasteiger partial charge in [-0.2, -0.15) is 0 Å². The molecule has 0 bridgehead atoms. The number of aromatic nitrogens is 3. The molecule has 1 aliphatic rings. The zero-order valence-electron chi connectivity index (χ0n) is 20.4. The van der Waals surface area contributed by atoms with E-state index in [0.717, 1.165) is 42.2 Å². The van der Waals surface area contributed by atoms with E-state index in [4.69, 9.17) is 9.72 Å².